The van der Waals surface area contributed by atoms with Gasteiger partial charge in [-0.1, -0.05) is 66.2 Å². The van der Waals surface area contributed by atoms with Crippen LogP contribution in [0.4, 0.5) is 0 Å². The van der Waals surface area contributed by atoms with Crippen molar-refractivity contribution >= 4 is 16.8 Å². The number of para-hydroxylation sites is 1. The SMILES string of the molecule is Cc1cccc(C(=O)N2CCCC2c2[nH]c3ccccc3c2-c2ccccc2)c1. The van der Waals surface area contributed by atoms with Crippen LogP contribution in [0, 0.1) is 6.92 Å². The average Bonchev–Trinajstić information content (AvgIpc) is 3.38. The normalized spacial score (nSPS) is 16.4. The summed E-state index contributed by atoms with van der Waals surface area (Å²) in [7, 11) is 0. The van der Waals surface area contributed by atoms with Crippen LogP contribution in [0.3, 0.4) is 0 Å². The number of aromatic amines is 1. The summed E-state index contributed by atoms with van der Waals surface area (Å²) in [4.78, 5) is 19.1. The van der Waals surface area contributed by atoms with E-state index < -0.39 is 0 Å². The van der Waals surface area contributed by atoms with Gasteiger partial charge < -0.3 is 9.88 Å². The van der Waals surface area contributed by atoms with E-state index in [1.54, 1.807) is 0 Å². The summed E-state index contributed by atoms with van der Waals surface area (Å²) in [5.41, 5.74) is 6.56. The van der Waals surface area contributed by atoms with Gasteiger partial charge in [0.2, 0.25) is 0 Å². The highest BCUT2D eigenvalue weighted by atomic mass is 16.2. The Morgan fingerprint density at radius 1 is 0.966 bits per heavy atom. The molecule has 4 aromatic rings. The van der Waals surface area contributed by atoms with E-state index in [-0.39, 0.29) is 11.9 Å². The number of aromatic nitrogens is 1. The first-order valence-corrected chi connectivity index (χ1v) is 10.3. The third-order valence-electron chi connectivity index (χ3n) is 5.91. The Morgan fingerprint density at radius 3 is 2.59 bits per heavy atom. The van der Waals surface area contributed by atoms with Crippen LogP contribution in [0.1, 0.15) is 40.5 Å². The van der Waals surface area contributed by atoms with Gasteiger partial charge in [-0.05, 0) is 43.5 Å². The molecular formula is C26H24N2O. The van der Waals surface area contributed by atoms with Gasteiger partial charge >= 0.3 is 0 Å². The molecule has 144 valence electrons. The van der Waals surface area contributed by atoms with Crippen LogP contribution in [0.25, 0.3) is 22.0 Å². The molecule has 3 nitrogen and oxygen atoms in total. The molecule has 1 atom stereocenters. The Balaban J connectivity index is 1.62. The average molecular weight is 380 g/mol. The van der Waals surface area contributed by atoms with Crippen molar-refractivity contribution in [1.82, 2.24) is 9.88 Å². The molecule has 2 heterocycles. The van der Waals surface area contributed by atoms with Gasteiger partial charge in [-0.3, -0.25) is 4.79 Å². The summed E-state index contributed by atoms with van der Waals surface area (Å²) in [6.07, 6.45) is 2.00. The summed E-state index contributed by atoms with van der Waals surface area (Å²) in [6.45, 7) is 2.82. The Bertz CT molecular complexity index is 1180. The largest absolute Gasteiger partial charge is 0.356 e. The van der Waals surface area contributed by atoms with Gasteiger partial charge in [-0.15, -0.1) is 0 Å². The van der Waals surface area contributed by atoms with Crippen molar-refractivity contribution in [3.63, 3.8) is 0 Å². The van der Waals surface area contributed by atoms with Crippen LogP contribution >= 0.6 is 0 Å². The van der Waals surface area contributed by atoms with E-state index in [0.717, 1.165) is 41.7 Å². The van der Waals surface area contributed by atoms with Crippen LogP contribution in [0.15, 0.2) is 78.9 Å². The molecule has 0 radical (unpaired) electrons. The first-order valence-electron chi connectivity index (χ1n) is 10.3. The zero-order valence-corrected chi connectivity index (χ0v) is 16.6. The van der Waals surface area contributed by atoms with E-state index in [0.29, 0.717) is 0 Å². The minimum absolute atomic E-state index is 0.0608. The van der Waals surface area contributed by atoms with Gasteiger partial charge in [0.15, 0.2) is 0 Å². The Kier molecular flexibility index (Phi) is 4.44. The summed E-state index contributed by atoms with van der Waals surface area (Å²) >= 11 is 0. The molecule has 1 fully saturated rings. The second kappa shape index (κ2) is 7.25. The predicted octanol–water partition coefficient (Wildman–Crippen LogP) is 6.12. The molecule has 0 bridgehead atoms. The minimum atomic E-state index is 0.0608. The fourth-order valence-electron chi connectivity index (χ4n) is 4.58. The molecule has 3 aromatic carbocycles. The number of hydrogen-bond donors (Lipinski definition) is 1. The second-order valence-corrected chi connectivity index (χ2v) is 7.85. The number of likely N-dealkylation sites (tertiary alicyclic amines) is 1. The molecular weight excluding hydrogens is 356 g/mol. The third-order valence-corrected chi connectivity index (χ3v) is 5.91. The number of nitrogens with zero attached hydrogens (tertiary/aromatic N) is 1. The van der Waals surface area contributed by atoms with Crippen molar-refractivity contribution in [3.8, 4) is 11.1 Å². The molecule has 1 amide bonds. The lowest BCUT2D eigenvalue weighted by Crippen LogP contribution is -2.31. The van der Waals surface area contributed by atoms with Crippen LogP contribution in [-0.4, -0.2) is 22.3 Å². The molecule has 0 saturated carbocycles. The van der Waals surface area contributed by atoms with Gasteiger partial charge in [0.1, 0.15) is 0 Å². The van der Waals surface area contributed by atoms with Crippen LogP contribution in [0.5, 0.6) is 0 Å². The third kappa shape index (κ3) is 3.13. The van der Waals surface area contributed by atoms with Crippen LogP contribution in [-0.2, 0) is 0 Å². The van der Waals surface area contributed by atoms with Crippen molar-refractivity contribution < 1.29 is 4.79 Å². The van der Waals surface area contributed by atoms with Crippen molar-refractivity contribution in [2.45, 2.75) is 25.8 Å². The summed E-state index contributed by atoms with van der Waals surface area (Å²) in [6, 6.07) is 26.9. The number of aryl methyl sites for hydroxylation is 1. The molecule has 3 heteroatoms. The quantitative estimate of drug-likeness (QED) is 0.457. The first-order chi connectivity index (χ1) is 14.2. The van der Waals surface area contributed by atoms with Crippen LogP contribution < -0.4 is 0 Å². The standard InChI is InChI=1S/C26H24N2O/c1-18-9-7-12-20(17-18)26(29)28-16-8-15-23(28)25-24(19-10-3-2-4-11-19)21-13-5-6-14-22(21)27-25/h2-7,9-14,17,23,27H,8,15-16H2,1H3. The molecule has 1 N–H and O–H groups in total. The summed E-state index contributed by atoms with van der Waals surface area (Å²) in [5.74, 6) is 0.119. The molecule has 1 saturated heterocycles. The van der Waals surface area contributed by atoms with E-state index in [2.05, 4.69) is 53.5 Å². The van der Waals surface area contributed by atoms with Crippen molar-refractivity contribution in [3.05, 3.63) is 95.7 Å². The first kappa shape index (κ1) is 17.7. The number of nitrogens with one attached hydrogen (secondary N) is 1. The second-order valence-electron chi connectivity index (χ2n) is 7.85. The lowest BCUT2D eigenvalue weighted by atomic mass is 9.97. The maximum atomic E-state index is 13.4. The zero-order valence-electron chi connectivity index (χ0n) is 16.6. The number of fused-ring (bicyclic) bond motifs is 1. The monoisotopic (exact) mass is 380 g/mol. The topological polar surface area (TPSA) is 36.1 Å². The van der Waals surface area contributed by atoms with E-state index in [1.807, 2.05) is 42.2 Å². The molecule has 1 unspecified atom stereocenters. The van der Waals surface area contributed by atoms with Gasteiger partial charge in [0.25, 0.3) is 5.91 Å². The molecule has 0 aliphatic carbocycles. The van der Waals surface area contributed by atoms with E-state index in [4.69, 9.17) is 0 Å². The lowest BCUT2D eigenvalue weighted by Gasteiger charge is -2.25. The minimum Gasteiger partial charge on any atom is -0.356 e. The number of carbonyl (C=O) groups excluding carboxylic acids is 1. The molecule has 1 aromatic heterocycles. The number of amides is 1. The van der Waals surface area contributed by atoms with Gasteiger partial charge in [-0.25, -0.2) is 0 Å². The fraction of sp³-hybridized carbons (Fsp3) is 0.192. The number of rotatable bonds is 3. The Labute approximate surface area is 171 Å². The van der Waals surface area contributed by atoms with Crippen molar-refractivity contribution in [1.29, 1.82) is 0 Å². The Hall–Kier alpha value is -3.33. The number of hydrogen-bond acceptors (Lipinski definition) is 1. The predicted molar refractivity (Wildman–Crippen MR) is 118 cm³/mol. The van der Waals surface area contributed by atoms with Crippen LogP contribution in [0.2, 0.25) is 0 Å². The molecule has 29 heavy (non-hydrogen) atoms. The van der Waals surface area contributed by atoms with Gasteiger partial charge in [0.05, 0.1) is 6.04 Å². The molecule has 0 spiro atoms. The maximum absolute atomic E-state index is 13.4. The Morgan fingerprint density at radius 2 is 1.76 bits per heavy atom. The maximum Gasteiger partial charge on any atom is 0.254 e. The zero-order chi connectivity index (χ0) is 19.8. The number of H-pyrrole nitrogens is 1. The summed E-state index contributed by atoms with van der Waals surface area (Å²) in [5, 5.41) is 1.21. The highest BCUT2D eigenvalue weighted by molar-refractivity contribution is 5.99. The van der Waals surface area contributed by atoms with E-state index in [1.165, 1.54) is 16.5 Å². The fourth-order valence-corrected chi connectivity index (χ4v) is 4.58. The van der Waals surface area contributed by atoms with Crippen molar-refractivity contribution in [2.24, 2.45) is 0 Å². The molecule has 1 aliphatic rings. The number of carbonyl (C=O) groups is 1. The number of benzene rings is 3. The molecule has 1 aliphatic heterocycles. The van der Waals surface area contributed by atoms with Crippen molar-refractivity contribution in [2.75, 3.05) is 6.54 Å². The molecule has 5 rings (SSSR count). The smallest absolute Gasteiger partial charge is 0.254 e. The van der Waals surface area contributed by atoms with E-state index >= 15 is 0 Å². The van der Waals surface area contributed by atoms with Gasteiger partial charge in [0, 0.05) is 34.3 Å². The van der Waals surface area contributed by atoms with Gasteiger partial charge in [-0.2, -0.15) is 0 Å². The summed E-state index contributed by atoms with van der Waals surface area (Å²) < 4.78 is 0. The van der Waals surface area contributed by atoms with E-state index in [9.17, 15) is 4.79 Å². The highest BCUT2D eigenvalue weighted by Gasteiger charge is 2.34. The highest BCUT2D eigenvalue weighted by Crippen LogP contribution is 2.41. The lowest BCUT2D eigenvalue weighted by molar-refractivity contribution is 0.0733.